The number of carbonyl (C=O) groups is 3. The van der Waals surface area contributed by atoms with Gasteiger partial charge in [0.1, 0.15) is 23.6 Å². The molecule has 12 heteroatoms. The number of carbonyl (C=O) groups excluding carboxylic acids is 3. The molecule has 1 aliphatic heterocycles. The largest absolute Gasteiger partial charge is 0.508 e. The zero-order valence-corrected chi connectivity index (χ0v) is 21.1. The topological polar surface area (TPSA) is 211 Å². The monoisotopic (exact) mass is 529 g/mol. The summed E-state index contributed by atoms with van der Waals surface area (Å²) in [5.41, 5.74) is 13.7. The van der Waals surface area contributed by atoms with Crippen molar-refractivity contribution in [2.45, 2.75) is 43.5 Å². The first-order chi connectivity index (χ1) is 18.0. The SMILES string of the molecule is CN(CCO)C(=O)[C@@H]1Cc2cc(ccc2O)-c2ccc(O)c(c2)C[C@H](N)C(=O)N[C@@H](C[C@@H](O)CN)C(=O)N1. The molecule has 0 unspecified atom stereocenters. The quantitative estimate of drug-likeness (QED) is 0.214. The van der Waals surface area contributed by atoms with E-state index in [9.17, 15) is 34.8 Å². The second kappa shape index (κ2) is 12.7. The molecular weight excluding hydrogens is 494 g/mol. The van der Waals surface area contributed by atoms with E-state index in [1.54, 1.807) is 24.3 Å². The van der Waals surface area contributed by atoms with Gasteiger partial charge in [-0.1, -0.05) is 12.1 Å². The van der Waals surface area contributed by atoms with Crippen LogP contribution in [0.15, 0.2) is 36.4 Å². The van der Waals surface area contributed by atoms with Crippen LogP contribution in [-0.4, -0.2) is 94.0 Å². The fourth-order valence-corrected chi connectivity index (χ4v) is 4.28. The van der Waals surface area contributed by atoms with Crippen molar-refractivity contribution in [1.82, 2.24) is 15.5 Å². The van der Waals surface area contributed by atoms with Gasteiger partial charge in [-0.05, 0) is 46.5 Å². The molecule has 2 aromatic carbocycles. The van der Waals surface area contributed by atoms with E-state index in [2.05, 4.69) is 10.6 Å². The Morgan fingerprint density at radius 3 is 2.16 bits per heavy atom. The highest BCUT2D eigenvalue weighted by atomic mass is 16.3. The molecule has 3 amide bonds. The number of amides is 3. The van der Waals surface area contributed by atoms with Gasteiger partial charge in [0.15, 0.2) is 0 Å². The van der Waals surface area contributed by atoms with E-state index in [4.69, 9.17) is 11.5 Å². The molecule has 0 saturated carbocycles. The summed E-state index contributed by atoms with van der Waals surface area (Å²) in [7, 11) is 1.46. The molecule has 206 valence electrons. The first-order valence-electron chi connectivity index (χ1n) is 12.3. The lowest BCUT2D eigenvalue weighted by Gasteiger charge is -2.28. The van der Waals surface area contributed by atoms with E-state index in [-0.39, 0.29) is 50.5 Å². The Labute approximate surface area is 220 Å². The van der Waals surface area contributed by atoms with Crippen molar-refractivity contribution in [3.63, 3.8) is 0 Å². The number of nitrogens with zero attached hydrogens (tertiary/aromatic N) is 1. The minimum atomic E-state index is -1.28. The number of phenols is 2. The summed E-state index contributed by atoms with van der Waals surface area (Å²) in [5, 5.41) is 45.5. The van der Waals surface area contributed by atoms with Crippen molar-refractivity contribution < 1.29 is 34.8 Å². The molecular formula is C26H35N5O7. The van der Waals surface area contributed by atoms with Gasteiger partial charge in [0.05, 0.1) is 18.8 Å². The van der Waals surface area contributed by atoms with Gasteiger partial charge in [0.25, 0.3) is 0 Å². The summed E-state index contributed by atoms with van der Waals surface area (Å²) in [4.78, 5) is 40.7. The normalized spacial score (nSPS) is 20.9. The van der Waals surface area contributed by atoms with Crippen LogP contribution in [0.2, 0.25) is 0 Å². The number of aliphatic hydroxyl groups excluding tert-OH is 2. The summed E-state index contributed by atoms with van der Waals surface area (Å²) in [5.74, 6) is -2.16. The number of aromatic hydroxyl groups is 2. The minimum Gasteiger partial charge on any atom is -0.508 e. The number of fused-ring (bicyclic) bond motifs is 5. The lowest BCUT2D eigenvalue weighted by atomic mass is 9.95. The van der Waals surface area contributed by atoms with Crippen LogP contribution in [0.4, 0.5) is 0 Å². The summed E-state index contributed by atoms with van der Waals surface area (Å²) in [6.45, 7) is -0.463. The number of hydrogen-bond donors (Lipinski definition) is 8. The van der Waals surface area contributed by atoms with Crippen molar-refractivity contribution >= 4 is 17.7 Å². The number of benzene rings is 2. The average Bonchev–Trinajstić information content (AvgIpc) is 2.89. The molecule has 0 aliphatic carbocycles. The Morgan fingerprint density at radius 1 is 1.03 bits per heavy atom. The van der Waals surface area contributed by atoms with Gasteiger partial charge < -0.3 is 47.4 Å². The van der Waals surface area contributed by atoms with Gasteiger partial charge in [-0.15, -0.1) is 0 Å². The predicted molar refractivity (Wildman–Crippen MR) is 139 cm³/mol. The molecule has 10 N–H and O–H groups in total. The van der Waals surface area contributed by atoms with Crippen LogP contribution in [0.1, 0.15) is 17.5 Å². The van der Waals surface area contributed by atoms with E-state index in [0.717, 1.165) is 0 Å². The molecule has 3 rings (SSSR count). The second-order valence-corrected chi connectivity index (χ2v) is 9.43. The molecule has 0 saturated heterocycles. The minimum absolute atomic E-state index is 0.00835. The molecule has 2 aromatic rings. The Balaban J connectivity index is 2.12. The van der Waals surface area contributed by atoms with Crippen LogP contribution < -0.4 is 22.1 Å². The van der Waals surface area contributed by atoms with Gasteiger partial charge in [-0.2, -0.15) is 0 Å². The Kier molecular flexibility index (Phi) is 9.64. The summed E-state index contributed by atoms with van der Waals surface area (Å²) < 4.78 is 0. The Morgan fingerprint density at radius 2 is 1.61 bits per heavy atom. The van der Waals surface area contributed by atoms with Gasteiger partial charge in [-0.3, -0.25) is 14.4 Å². The van der Waals surface area contributed by atoms with Crippen molar-refractivity contribution in [2.75, 3.05) is 26.7 Å². The zero-order valence-electron chi connectivity index (χ0n) is 21.1. The Hall–Kier alpha value is -3.71. The number of rotatable bonds is 6. The highest BCUT2D eigenvalue weighted by molar-refractivity contribution is 5.93. The van der Waals surface area contributed by atoms with E-state index in [1.807, 2.05) is 0 Å². The van der Waals surface area contributed by atoms with Gasteiger partial charge in [0.2, 0.25) is 17.7 Å². The number of likely N-dealkylation sites (N-methyl/N-ethyl adjacent to an activating group) is 1. The number of hydrogen-bond acceptors (Lipinski definition) is 9. The molecule has 0 aromatic heterocycles. The van der Waals surface area contributed by atoms with E-state index in [1.165, 1.54) is 24.1 Å². The number of phenolic OH excluding ortho intramolecular Hbond substituents is 2. The van der Waals surface area contributed by atoms with Crippen molar-refractivity contribution in [2.24, 2.45) is 11.5 Å². The third kappa shape index (κ3) is 6.98. The number of nitrogens with two attached hydrogens (primary N) is 2. The van der Waals surface area contributed by atoms with Crippen LogP contribution in [0.3, 0.4) is 0 Å². The van der Waals surface area contributed by atoms with E-state index in [0.29, 0.717) is 22.3 Å². The maximum atomic E-state index is 13.3. The first kappa shape index (κ1) is 28.9. The van der Waals surface area contributed by atoms with Gasteiger partial charge >= 0.3 is 0 Å². The third-order valence-electron chi connectivity index (χ3n) is 6.53. The zero-order chi connectivity index (χ0) is 28.0. The number of aliphatic hydroxyl groups is 2. The summed E-state index contributed by atoms with van der Waals surface area (Å²) >= 11 is 0. The number of nitrogens with one attached hydrogen (secondary N) is 2. The maximum Gasteiger partial charge on any atom is 0.245 e. The molecule has 0 spiro atoms. The van der Waals surface area contributed by atoms with Crippen LogP contribution in [0, 0.1) is 0 Å². The molecule has 12 nitrogen and oxygen atoms in total. The molecule has 4 atom stereocenters. The van der Waals surface area contributed by atoms with Crippen molar-refractivity contribution in [3.05, 3.63) is 47.5 Å². The van der Waals surface area contributed by atoms with Gasteiger partial charge in [0, 0.05) is 39.4 Å². The second-order valence-electron chi connectivity index (χ2n) is 9.43. The highest BCUT2D eigenvalue weighted by Gasteiger charge is 2.32. The highest BCUT2D eigenvalue weighted by Crippen LogP contribution is 2.31. The molecule has 0 fully saturated rings. The summed E-state index contributed by atoms with van der Waals surface area (Å²) in [6.07, 6.45) is -1.52. The van der Waals surface area contributed by atoms with Gasteiger partial charge in [-0.25, -0.2) is 0 Å². The van der Waals surface area contributed by atoms with Crippen molar-refractivity contribution in [1.29, 1.82) is 0 Å². The van der Waals surface area contributed by atoms with E-state index >= 15 is 0 Å². The summed E-state index contributed by atoms with van der Waals surface area (Å²) in [6, 6.07) is 6.01. The Bertz CT molecular complexity index is 1170. The lowest BCUT2D eigenvalue weighted by molar-refractivity contribution is -0.137. The van der Waals surface area contributed by atoms with Crippen LogP contribution in [0.5, 0.6) is 11.5 Å². The smallest absolute Gasteiger partial charge is 0.245 e. The average molecular weight is 530 g/mol. The van der Waals surface area contributed by atoms with Crippen LogP contribution >= 0.6 is 0 Å². The molecule has 4 bridgehead atoms. The maximum absolute atomic E-state index is 13.3. The lowest BCUT2D eigenvalue weighted by Crippen LogP contribution is -2.57. The molecule has 0 radical (unpaired) electrons. The first-order valence-corrected chi connectivity index (χ1v) is 12.3. The predicted octanol–water partition coefficient (Wildman–Crippen LogP) is -1.68. The standard InChI is InChI=1S/C26H35N5O7/c1-31(6-7-32)26(38)21-11-17-9-15(3-5-23(17)35)14-2-4-22(34)16(8-14)10-19(28)24(36)29-20(25(37)30-21)12-18(33)13-27/h2-5,8-9,18-21,32-35H,6-7,10-13,27-28H2,1H3,(H,29,36)(H,30,37)/t18-,19+,20+,21+/m1/s1. The van der Waals surface area contributed by atoms with E-state index < -0.39 is 42.0 Å². The van der Waals surface area contributed by atoms with Crippen LogP contribution in [-0.2, 0) is 27.2 Å². The van der Waals surface area contributed by atoms with Crippen molar-refractivity contribution in [3.8, 4) is 22.6 Å². The molecule has 1 heterocycles. The fraction of sp³-hybridized carbons (Fsp3) is 0.423. The van der Waals surface area contributed by atoms with Crippen LogP contribution in [0.25, 0.3) is 11.1 Å². The molecule has 1 aliphatic rings. The third-order valence-corrected chi connectivity index (χ3v) is 6.53. The molecule has 38 heavy (non-hydrogen) atoms. The fourth-order valence-electron chi connectivity index (χ4n) is 4.28.